The number of aryl methyl sites for hydroxylation is 1. The highest BCUT2D eigenvalue weighted by Gasteiger charge is 2.55. The number of nitrogens with one attached hydrogen (secondary N) is 1. The van der Waals surface area contributed by atoms with Gasteiger partial charge in [0.25, 0.3) is 0 Å². The molecule has 33 heavy (non-hydrogen) atoms. The predicted molar refractivity (Wildman–Crippen MR) is 107 cm³/mol. The van der Waals surface area contributed by atoms with Gasteiger partial charge in [0, 0.05) is 17.1 Å². The summed E-state index contributed by atoms with van der Waals surface area (Å²) in [6.07, 6.45) is -2.13. The van der Waals surface area contributed by atoms with Crippen molar-refractivity contribution in [3.8, 4) is 11.5 Å². The van der Waals surface area contributed by atoms with Gasteiger partial charge in [-0.25, -0.2) is 4.79 Å². The van der Waals surface area contributed by atoms with E-state index in [0.717, 1.165) is 5.69 Å². The van der Waals surface area contributed by atoms with Gasteiger partial charge in [-0.05, 0) is 49.6 Å². The number of rotatable bonds is 5. The van der Waals surface area contributed by atoms with Crippen molar-refractivity contribution in [3.63, 3.8) is 0 Å². The zero-order valence-electron chi connectivity index (χ0n) is 17.5. The molecule has 4 rings (SSSR count). The number of hydrogen-bond donors (Lipinski definition) is 1. The largest absolute Gasteiger partial charge is 0.586 e. The Labute approximate surface area is 185 Å². The smallest absolute Gasteiger partial charge is 0.395 e. The number of ether oxygens (including phenoxy) is 2. The average Bonchev–Trinajstić information content (AvgIpc) is 3.08. The minimum atomic E-state index is -3.78. The first kappa shape index (κ1) is 22.2. The molecule has 12 heteroatoms. The second-order valence-corrected chi connectivity index (χ2v) is 7.75. The summed E-state index contributed by atoms with van der Waals surface area (Å²) >= 11 is 0. The van der Waals surface area contributed by atoms with Crippen LogP contribution in [0.5, 0.6) is 11.5 Å². The number of fused-ring (bicyclic) bond motifs is 1. The fourth-order valence-electron chi connectivity index (χ4n) is 3.76. The third kappa shape index (κ3) is 4.23. The van der Waals surface area contributed by atoms with Crippen LogP contribution in [-0.2, 0) is 16.0 Å². The summed E-state index contributed by atoms with van der Waals surface area (Å²) in [4.78, 5) is 53.2. The van der Waals surface area contributed by atoms with Crippen molar-refractivity contribution in [1.82, 2.24) is 15.2 Å². The highest BCUT2D eigenvalue weighted by atomic mass is 19.3. The van der Waals surface area contributed by atoms with Gasteiger partial charge in [-0.15, -0.1) is 13.7 Å². The van der Waals surface area contributed by atoms with E-state index in [-0.39, 0.29) is 17.9 Å². The molecular weight excluding hydrogens is 442 g/mol. The van der Waals surface area contributed by atoms with Crippen LogP contribution in [0, 0.1) is 17.7 Å². The number of nitrogens with zero attached hydrogens (tertiary/aromatic N) is 3. The maximum Gasteiger partial charge on any atom is 0.586 e. The molecule has 4 amide bonds. The number of nitroso groups, excluding NO2 is 1. The van der Waals surface area contributed by atoms with Crippen LogP contribution in [0.15, 0.2) is 41.7 Å². The molecule has 0 aliphatic carbocycles. The number of likely N-dealkylation sites (tertiary alicyclic amines) is 1. The third-order valence-corrected chi connectivity index (χ3v) is 5.47. The van der Waals surface area contributed by atoms with Gasteiger partial charge in [0.2, 0.25) is 5.91 Å². The van der Waals surface area contributed by atoms with Crippen molar-refractivity contribution in [2.45, 2.75) is 38.6 Å². The zero-order chi connectivity index (χ0) is 23.9. The van der Waals surface area contributed by atoms with Gasteiger partial charge in [0.05, 0.1) is 12.0 Å². The van der Waals surface area contributed by atoms with Crippen molar-refractivity contribution in [2.75, 3.05) is 0 Å². The number of amides is 4. The van der Waals surface area contributed by atoms with E-state index in [1.165, 1.54) is 18.2 Å². The highest BCUT2D eigenvalue weighted by molar-refractivity contribution is 6.09. The molecule has 3 atom stereocenters. The molecule has 1 saturated heterocycles. The minimum absolute atomic E-state index is 0.105. The fourth-order valence-corrected chi connectivity index (χ4v) is 3.76. The lowest BCUT2D eigenvalue weighted by atomic mass is 9.82. The number of imide groups is 1. The van der Waals surface area contributed by atoms with Gasteiger partial charge in [-0.1, -0.05) is 12.1 Å². The minimum Gasteiger partial charge on any atom is -0.395 e. The van der Waals surface area contributed by atoms with Gasteiger partial charge in [0.15, 0.2) is 11.5 Å². The molecule has 0 spiro atoms. The maximum absolute atomic E-state index is 13.2. The summed E-state index contributed by atoms with van der Waals surface area (Å²) in [5.74, 6) is -3.09. The Morgan fingerprint density at radius 3 is 2.64 bits per heavy atom. The molecule has 1 N–H and O–H groups in total. The fraction of sp³-hybridized carbons (Fsp3) is 0.333. The lowest BCUT2D eigenvalue weighted by Crippen LogP contribution is -2.68. The first-order chi connectivity index (χ1) is 15.6. The molecule has 3 heterocycles. The number of alkyl halides is 2. The van der Waals surface area contributed by atoms with E-state index < -0.39 is 42.1 Å². The Balaban J connectivity index is 1.47. The molecule has 2 unspecified atom stereocenters. The third-order valence-electron chi connectivity index (χ3n) is 5.47. The number of pyridine rings is 1. The molecule has 0 radical (unpaired) electrons. The number of halogens is 2. The Morgan fingerprint density at radius 2 is 1.97 bits per heavy atom. The molecule has 1 aromatic heterocycles. The second kappa shape index (κ2) is 8.19. The molecular formula is C21H18F2N4O6. The SMILES string of the molecule is Cc1ccc(C[C@H]2C(=O)N(C(=O)NC(C)c3ccc4c(c3)OC(F)(F)O4)C2C(=O)N=O)cn1. The van der Waals surface area contributed by atoms with E-state index >= 15 is 0 Å². The van der Waals surface area contributed by atoms with Gasteiger partial charge in [-0.2, -0.15) is 0 Å². The monoisotopic (exact) mass is 460 g/mol. The first-order valence-corrected chi connectivity index (χ1v) is 9.91. The zero-order valence-corrected chi connectivity index (χ0v) is 17.5. The summed E-state index contributed by atoms with van der Waals surface area (Å²) in [5, 5.41) is 4.91. The van der Waals surface area contributed by atoms with Crippen LogP contribution in [0.3, 0.4) is 0 Å². The van der Waals surface area contributed by atoms with Gasteiger partial charge >= 0.3 is 18.2 Å². The number of carbonyl (C=O) groups excluding carboxylic acids is 3. The summed E-state index contributed by atoms with van der Waals surface area (Å²) in [5.41, 5.74) is 1.81. The van der Waals surface area contributed by atoms with Crippen molar-refractivity contribution < 1.29 is 32.6 Å². The number of β-lactam (4-membered cyclic amide) rings is 1. The van der Waals surface area contributed by atoms with Gasteiger partial charge in [0.1, 0.15) is 6.04 Å². The number of benzene rings is 1. The normalized spacial score (nSPS) is 21.2. The van der Waals surface area contributed by atoms with E-state index in [0.29, 0.717) is 16.0 Å². The molecule has 1 aromatic carbocycles. The van der Waals surface area contributed by atoms with E-state index in [1.807, 2.05) is 0 Å². The molecule has 1 fully saturated rings. The van der Waals surface area contributed by atoms with Gasteiger partial charge < -0.3 is 14.8 Å². The van der Waals surface area contributed by atoms with Crippen molar-refractivity contribution in [1.29, 1.82) is 0 Å². The van der Waals surface area contributed by atoms with Crippen molar-refractivity contribution in [2.24, 2.45) is 11.1 Å². The number of hydrogen-bond acceptors (Lipinski definition) is 7. The number of carbonyl (C=O) groups is 3. The number of urea groups is 1. The lowest BCUT2D eigenvalue weighted by molar-refractivity contribution is -0.286. The molecule has 2 aliphatic rings. The Hall–Kier alpha value is -3.96. The van der Waals surface area contributed by atoms with Crippen LogP contribution in [-0.4, -0.2) is 40.1 Å². The molecule has 2 aliphatic heterocycles. The lowest BCUT2D eigenvalue weighted by Gasteiger charge is -2.43. The summed E-state index contributed by atoms with van der Waals surface area (Å²) in [6, 6.07) is 4.41. The molecule has 2 aromatic rings. The summed E-state index contributed by atoms with van der Waals surface area (Å²) in [6.45, 7) is 3.34. The number of aromatic nitrogens is 1. The van der Waals surface area contributed by atoms with Crippen LogP contribution >= 0.6 is 0 Å². The topological polar surface area (TPSA) is 127 Å². The Morgan fingerprint density at radius 1 is 1.24 bits per heavy atom. The molecule has 0 saturated carbocycles. The van der Waals surface area contributed by atoms with E-state index in [2.05, 4.69) is 25.0 Å². The molecule has 10 nitrogen and oxygen atoms in total. The average molecular weight is 460 g/mol. The van der Waals surface area contributed by atoms with Crippen LogP contribution in [0.2, 0.25) is 0 Å². The van der Waals surface area contributed by atoms with Crippen molar-refractivity contribution >= 4 is 17.8 Å². The molecule has 0 bridgehead atoms. The first-order valence-electron chi connectivity index (χ1n) is 9.91. The molecule has 172 valence electrons. The Kier molecular flexibility index (Phi) is 5.52. The van der Waals surface area contributed by atoms with Crippen molar-refractivity contribution in [3.05, 3.63) is 58.3 Å². The van der Waals surface area contributed by atoms with Crippen LogP contribution in [0.1, 0.15) is 29.8 Å². The highest BCUT2D eigenvalue weighted by Crippen LogP contribution is 2.42. The van der Waals surface area contributed by atoms with E-state index in [4.69, 9.17) is 0 Å². The van der Waals surface area contributed by atoms with Crippen LogP contribution in [0.25, 0.3) is 0 Å². The maximum atomic E-state index is 13.2. The van der Waals surface area contributed by atoms with Crippen LogP contribution in [0.4, 0.5) is 13.6 Å². The summed E-state index contributed by atoms with van der Waals surface area (Å²) < 4.78 is 35.2. The standard InChI is InChI=1S/C21H18F2N4O6/c1-10-3-4-12(9-24-10)7-14-17(18(28)26-31)27(19(14)29)20(30)25-11(2)13-5-6-15-16(8-13)33-21(22,23)32-15/h3-6,8-9,11,14,17H,7H2,1-2H3,(H,25,30)/t11?,14-,17?/m1/s1. The summed E-state index contributed by atoms with van der Waals surface area (Å²) in [7, 11) is 0. The second-order valence-electron chi connectivity index (χ2n) is 7.75. The predicted octanol–water partition coefficient (Wildman–Crippen LogP) is 2.84. The quantitative estimate of drug-likeness (QED) is 0.537. The Bertz CT molecular complexity index is 1140. The van der Waals surface area contributed by atoms with Crippen LogP contribution < -0.4 is 14.8 Å². The van der Waals surface area contributed by atoms with E-state index in [1.54, 1.807) is 32.2 Å². The van der Waals surface area contributed by atoms with E-state index in [9.17, 15) is 28.1 Å². The van der Waals surface area contributed by atoms with Gasteiger partial charge in [-0.3, -0.25) is 19.5 Å².